The number of rotatable bonds is 4. The van der Waals surface area contributed by atoms with E-state index < -0.39 is 0 Å². The summed E-state index contributed by atoms with van der Waals surface area (Å²) in [7, 11) is 1.62. The van der Waals surface area contributed by atoms with Crippen LogP contribution in [0, 0.1) is 6.92 Å². The number of aromatic nitrogens is 4. The molecular weight excluding hydrogens is 334 g/mol. The van der Waals surface area contributed by atoms with Crippen molar-refractivity contribution in [3.8, 4) is 5.75 Å². The van der Waals surface area contributed by atoms with Crippen LogP contribution in [-0.2, 0) is 4.74 Å². The Kier molecular flexibility index (Phi) is 4.34. The average Bonchev–Trinajstić information content (AvgIpc) is 3.27. The van der Waals surface area contributed by atoms with Crippen molar-refractivity contribution >= 4 is 22.9 Å². The molecule has 1 amide bonds. The maximum Gasteiger partial charge on any atom is 0.276 e. The summed E-state index contributed by atoms with van der Waals surface area (Å²) < 4.78 is 10.9. The molecule has 0 spiro atoms. The maximum absolute atomic E-state index is 12.4. The number of hydrogen-bond acceptors (Lipinski definition) is 5. The van der Waals surface area contributed by atoms with Gasteiger partial charge in [-0.1, -0.05) is 6.07 Å². The monoisotopic (exact) mass is 355 g/mol. The summed E-state index contributed by atoms with van der Waals surface area (Å²) in [5, 5.41) is 2.79. The number of benzene rings is 1. The van der Waals surface area contributed by atoms with Crippen LogP contribution in [0.25, 0.3) is 11.0 Å². The second-order valence-electron chi connectivity index (χ2n) is 6.39. The Bertz CT molecular complexity index is 940. The maximum atomic E-state index is 12.4. The van der Waals surface area contributed by atoms with Gasteiger partial charge in [-0.3, -0.25) is 10.1 Å². The fourth-order valence-corrected chi connectivity index (χ4v) is 3.37. The molecule has 1 saturated heterocycles. The highest BCUT2D eigenvalue weighted by Gasteiger charge is 2.22. The highest BCUT2D eigenvalue weighted by Crippen LogP contribution is 2.36. The third-order valence-corrected chi connectivity index (χ3v) is 4.70. The third kappa shape index (κ3) is 3.03. The fraction of sp³-hybridized carbons (Fsp3) is 0.389. The smallest absolute Gasteiger partial charge is 0.276 e. The molecule has 136 valence electrons. The van der Waals surface area contributed by atoms with Gasteiger partial charge in [0, 0.05) is 13.2 Å². The minimum absolute atomic E-state index is 0.295. The van der Waals surface area contributed by atoms with Gasteiger partial charge < -0.3 is 19.4 Å². The van der Waals surface area contributed by atoms with Gasteiger partial charge in [0.05, 0.1) is 18.8 Å². The number of imidazole rings is 2. The number of nitrogens with one attached hydrogen (secondary N) is 3. The van der Waals surface area contributed by atoms with E-state index in [0.29, 0.717) is 29.1 Å². The number of amides is 1. The zero-order chi connectivity index (χ0) is 18.1. The summed E-state index contributed by atoms with van der Waals surface area (Å²) in [6, 6.07) is 4.00. The lowest BCUT2D eigenvalue weighted by atomic mass is 9.90. The lowest BCUT2D eigenvalue weighted by Crippen LogP contribution is -2.14. The van der Waals surface area contributed by atoms with Crippen LogP contribution in [0.15, 0.2) is 18.3 Å². The second kappa shape index (κ2) is 6.80. The van der Waals surface area contributed by atoms with E-state index in [9.17, 15) is 4.79 Å². The number of hydrogen-bond donors (Lipinski definition) is 3. The van der Waals surface area contributed by atoms with Crippen LogP contribution < -0.4 is 10.1 Å². The Morgan fingerprint density at radius 2 is 2.12 bits per heavy atom. The number of carbonyl (C=O) groups is 1. The van der Waals surface area contributed by atoms with Crippen LogP contribution >= 0.6 is 0 Å². The molecule has 8 nitrogen and oxygen atoms in total. The molecule has 0 aliphatic carbocycles. The first-order valence-corrected chi connectivity index (χ1v) is 8.63. The Balaban J connectivity index is 1.69. The summed E-state index contributed by atoms with van der Waals surface area (Å²) in [6.07, 6.45) is 3.42. The largest absolute Gasteiger partial charge is 0.494 e. The quantitative estimate of drug-likeness (QED) is 0.667. The molecule has 1 aromatic carbocycles. The zero-order valence-corrected chi connectivity index (χ0v) is 14.8. The molecule has 2 aromatic heterocycles. The van der Waals surface area contributed by atoms with Crippen LogP contribution in [0.3, 0.4) is 0 Å². The Morgan fingerprint density at radius 1 is 1.31 bits per heavy atom. The van der Waals surface area contributed by atoms with Crippen LogP contribution in [0.5, 0.6) is 5.75 Å². The van der Waals surface area contributed by atoms with Crippen molar-refractivity contribution in [2.24, 2.45) is 0 Å². The zero-order valence-electron chi connectivity index (χ0n) is 14.8. The lowest BCUT2D eigenvalue weighted by molar-refractivity contribution is 0.0856. The molecule has 1 aliphatic rings. The number of H-pyrrole nitrogens is 2. The summed E-state index contributed by atoms with van der Waals surface area (Å²) in [5.41, 5.74) is 3.15. The average molecular weight is 355 g/mol. The molecule has 0 saturated carbocycles. The van der Waals surface area contributed by atoms with Crippen molar-refractivity contribution < 1.29 is 14.3 Å². The van der Waals surface area contributed by atoms with Gasteiger partial charge in [0.2, 0.25) is 5.95 Å². The first-order chi connectivity index (χ1) is 12.7. The first-order valence-electron chi connectivity index (χ1n) is 8.63. The van der Waals surface area contributed by atoms with E-state index in [2.05, 4.69) is 31.3 Å². The van der Waals surface area contributed by atoms with Gasteiger partial charge in [-0.2, -0.15) is 0 Å². The van der Waals surface area contributed by atoms with Crippen molar-refractivity contribution in [2.45, 2.75) is 25.7 Å². The van der Waals surface area contributed by atoms with Crippen molar-refractivity contribution in [2.75, 3.05) is 25.6 Å². The Labute approximate surface area is 150 Å². The summed E-state index contributed by atoms with van der Waals surface area (Å²) in [4.78, 5) is 27.1. The molecular formula is C18H21N5O3. The molecule has 0 unspecified atom stereocenters. The lowest BCUT2D eigenvalue weighted by Gasteiger charge is -2.22. The molecule has 0 atom stereocenters. The van der Waals surface area contributed by atoms with Gasteiger partial charge in [-0.25, -0.2) is 9.97 Å². The van der Waals surface area contributed by atoms with Crippen molar-refractivity contribution in [3.63, 3.8) is 0 Å². The predicted octanol–water partition coefficient (Wildman–Crippen LogP) is 2.75. The Hall–Kier alpha value is -2.87. The van der Waals surface area contributed by atoms with E-state index in [1.165, 1.54) is 6.20 Å². The van der Waals surface area contributed by atoms with Crippen LogP contribution in [-0.4, -0.2) is 46.2 Å². The molecule has 0 bridgehead atoms. The van der Waals surface area contributed by atoms with E-state index in [-0.39, 0.29) is 5.91 Å². The fourth-order valence-electron chi connectivity index (χ4n) is 3.37. The topological polar surface area (TPSA) is 105 Å². The van der Waals surface area contributed by atoms with Gasteiger partial charge in [0.25, 0.3) is 5.91 Å². The number of fused-ring (bicyclic) bond motifs is 1. The third-order valence-electron chi connectivity index (χ3n) is 4.70. The second-order valence-corrected chi connectivity index (χ2v) is 6.39. The number of nitrogens with zero attached hydrogens (tertiary/aromatic N) is 2. The van der Waals surface area contributed by atoms with E-state index in [0.717, 1.165) is 42.7 Å². The minimum atomic E-state index is -0.295. The molecule has 26 heavy (non-hydrogen) atoms. The Morgan fingerprint density at radius 3 is 2.81 bits per heavy atom. The molecule has 4 rings (SSSR count). The van der Waals surface area contributed by atoms with Gasteiger partial charge in [-0.05, 0) is 37.3 Å². The number of anilines is 1. The van der Waals surface area contributed by atoms with Crippen molar-refractivity contribution in [1.82, 2.24) is 19.9 Å². The van der Waals surface area contributed by atoms with Crippen molar-refractivity contribution in [1.29, 1.82) is 0 Å². The van der Waals surface area contributed by atoms with Crippen LogP contribution in [0.4, 0.5) is 5.95 Å². The van der Waals surface area contributed by atoms with Gasteiger partial charge in [-0.15, -0.1) is 0 Å². The van der Waals surface area contributed by atoms with Crippen molar-refractivity contribution in [3.05, 3.63) is 35.4 Å². The van der Waals surface area contributed by atoms with Crippen LogP contribution in [0.1, 0.15) is 40.6 Å². The van der Waals surface area contributed by atoms with E-state index in [1.807, 2.05) is 6.07 Å². The number of aryl methyl sites for hydroxylation is 1. The number of carbonyl (C=O) groups excluding carboxylic acids is 1. The molecule has 3 N–H and O–H groups in total. The molecule has 3 aromatic rings. The predicted molar refractivity (Wildman–Crippen MR) is 96.7 cm³/mol. The van der Waals surface area contributed by atoms with Gasteiger partial charge in [0.15, 0.2) is 0 Å². The molecule has 1 fully saturated rings. The SMILES string of the molecule is COc1ccc(C2CCOCC2)c2nc(NC(=O)c3cnc(C)[nH]3)[nH]c12. The van der Waals surface area contributed by atoms with Crippen LogP contribution in [0.2, 0.25) is 0 Å². The highest BCUT2D eigenvalue weighted by atomic mass is 16.5. The number of methoxy groups -OCH3 is 1. The minimum Gasteiger partial charge on any atom is -0.494 e. The summed E-state index contributed by atoms with van der Waals surface area (Å²) in [6.45, 7) is 3.31. The molecule has 1 aliphatic heterocycles. The van der Waals surface area contributed by atoms with Gasteiger partial charge in [0.1, 0.15) is 22.8 Å². The number of ether oxygens (including phenoxy) is 2. The van der Waals surface area contributed by atoms with E-state index in [1.54, 1.807) is 14.0 Å². The summed E-state index contributed by atoms with van der Waals surface area (Å²) >= 11 is 0. The highest BCUT2D eigenvalue weighted by molar-refractivity contribution is 6.02. The normalized spacial score (nSPS) is 15.3. The molecule has 8 heteroatoms. The molecule has 0 radical (unpaired) electrons. The standard InChI is InChI=1S/C18H21N5O3/c1-10-19-9-13(20-10)17(24)23-18-21-15-12(11-5-7-26-8-6-11)3-4-14(25-2)16(15)22-18/h3-4,9,11H,5-8H2,1-2H3,(H,19,20)(H2,21,22,23,24). The van der Waals surface area contributed by atoms with E-state index in [4.69, 9.17) is 9.47 Å². The molecule has 3 heterocycles. The van der Waals surface area contributed by atoms with E-state index >= 15 is 0 Å². The number of aromatic amines is 2. The summed E-state index contributed by atoms with van der Waals surface area (Å²) in [5.74, 6) is 1.86. The first kappa shape index (κ1) is 16.6. The van der Waals surface area contributed by atoms with Gasteiger partial charge >= 0.3 is 0 Å².